The fraction of sp³-hybridized carbons (Fsp3) is 0.538. The molecule has 0 bridgehead atoms. The Balaban J connectivity index is 1.95. The van der Waals surface area contributed by atoms with Gasteiger partial charge in [-0.3, -0.25) is 0 Å². The Hall–Kier alpha value is -2.18. The van der Waals surface area contributed by atoms with Crippen molar-refractivity contribution in [1.29, 1.82) is 0 Å². The third-order valence-electron chi connectivity index (χ3n) is 2.82. The van der Waals surface area contributed by atoms with Crippen molar-refractivity contribution in [1.82, 2.24) is 20.1 Å². The summed E-state index contributed by atoms with van der Waals surface area (Å²) in [7, 11) is 3.50. The van der Waals surface area contributed by atoms with Crippen LogP contribution in [0.2, 0.25) is 0 Å². The van der Waals surface area contributed by atoms with Crippen molar-refractivity contribution in [2.75, 3.05) is 25.6 Å². The molecule has 0 N–H and O–H groups in total. The van der Waals surface area contributed by atoms with Gasteiger partial charge in [-0.2, -0.15) is 9.97 Å². The molecule has 2 aromatic rings. The number of anilines is 1. The molecule has 0 aliphatic carbocycles. The van der Waals surface area contributed by atoms with E-state index in [1.165, 1.54) is 0 Å². The second-order valence-electron chi connectivity index (χ2n) is 4.77. The lowest BCUT2D eigenvalue weighted by Crippen LogP contribution is -2.23. The Morgan fingerprint density at radius 1 is 1.35 bits per heavy atom. The van der Waals surface area contributed by atoms with Crippen molar-refractivity contribution in [2.45, 2.75) is 26.2 Å². The van der Waals surface area contributed by atoms with E-state index in [0.29, 0.717) is 36.5 Å². The lowest BCUT2D eigenvalue weighted by molar-refractivity contribution is 0.360. The molecule has 20 heavy (non-hydrogen) atoms. The van der Waals surface area contributed by atoms with E-state index in [1.807, 2.05) is 25.8 Å². The number of rotatable bonds is 6. The maximum atomic E-state index is 5.17. The van der Waals surface area contributed by atoms with Gasteiger partial charge in [0.1, 0.15) is 0 Å². The van der Waals surface area contributed by atoms with E-state index in [1.54, 1.807) is 19.4 Å². The van der Waals surface area contributed by atoms with Crippen molar-refractivity contribution < 1.29 is 9.26 Å². The second kappa shape index (κ2) is 6.31. The lowest BCUT2D eigenvalue weighted by atomic mass is 10.2. The van der Waals surface area contributed by atoms with Crippen LogP contribution in [-0.4, -0.2) is 40.8 Å². The average molecular weight is 277 g/mol. The molecule has 0 spiro atoms. The fourth-order valence-corrected chi connectivity index (χ4v) is 1.60. The number of nitrogens with zero attached hydrogens (tertiary/aromatic N) is 5. The van der Waals surface area contributed by atoms with Gasteiger partial charge in [-0.25, -0.2) is 4.98 Å². The normalized spacial score (nSPS) is 10.8. The molecule has 7 heteroatoms. The van der Waals surface area contributed by atoms with Gasteiger partial charge in [-0.1, -0.05) is 19.0 Å². The van der Waals surface area contributed by atoms with Crippen LogP contribution in [-0.2, 0) is 6.42 Å². The van der Waals surface area contributed by atoms with Crippen LogP contribution in [0.25, 0.3) is 0 Å². The van der Waals surface area contributed by atoms with Gasteiger partial charge in [-0.15, -0.1) is 0 Å². The summed E-state index contributed by atoms with van der Waals surface area (Å²) in [6.45, 7) is 4.74. The molecular formula is C13H19N5O2. The summed E-state index contributed by atoms with van der Waals surface area (Å²) in [5.41, 5.74) is 0. The Bertz CT molecular complexity index is 555. The van der Waals surface area contributed by atoms with E-state index < -0.39 is 0 Å². The SMILES string of the molecule is COc1ccnc(N(C)CCc2noc(C(C)C)n2)n1. The van der Waals surface area contributed by atoms with Gasteiger partial charge in [0, 0.05) is 38.2 Å². The number of methoxy groups -OCH3 is 1. The fourth-order valence-electron chi connectivity index (χ4n) is 1.60. The number of ether oxygens (including phenoxy) is 1. The largest absolute Gasteiger partial charge is 0.481 e. The first-order valence-corrected chi connectivity index (χ1v) is 6.50. The van der Waals surface area contributed by atoms with Gasteiger partial charge < -0.3 is 14.2 Å². The number of likely N-dealkylation sites (N-methyl/N-ethyl adjacent to an activating group) is 1. The molecule has 0 unspecified atom stereocenters. The van der Waals surface area contributed by atoms with Gasteiger partial charge >= 0.3 is 0 Å². The van der Waals surface area contributed by atoms with E-state index >= 15 is 0 Å². The Labute approximate surface area is 118 Å². The van der Waals surface area contributed by atoms with Gasteiger partial charge in [0.15, 0.2) is 5.82 Å². The molecule has 0 saturated heterocycles. The van der Waals surface area contributed by atoms with Crippen LogP contribution < -0.4 is 9.64 Å². The molecule has 2 aromatic heterocycles. The van der Waals surface area contributed by atoms with E-state index in [0.717, 1.165) is 0 Å². The third-order valence-corrected chi connectivity index (χ3v) is 2.82. The third kappa shape index (κ3) is 3.43. The first kappa shape index (κ1) is 14.2. The standard InChI is InChI=1S/C13H19N5O2/c1-9(2)12-15-10(17-20-12)6-8-18(3)13-14-7-5-11(16-13)19-4/h5,7,9H,6,8H2,1-4H3. The average Bonchev–Trinajstić information content (AvgIpc) is 2.94. The van der Waals surface area contributed by atoms with Crippen LogP contribution in [0.4, 0.5) is 5.95 Å². The molecule has 0 saturated carbocycles. The summed E-state index contributed by atoms with van der Waals surface area (Å²) in [6, 6.07) is 1.71. The van der Waals surface area contributed by atoms with E-state index in [-0.39, 0.29) is 5.92 Å². The highest BCUT2D eigenvalue weighted by molar-refractivity contribution is 5.30. The lowest BCUT2D eigenvalue weighted by Gasteiger charge is -2.15. The summed E-state index contributed by atoms with van der Waals surface area (Å²) in [6.07, 6.45) is 2.34. The van der Waals surface area contributed by atoms with Crippen molar-refractivity contribution in [3.63, 3.8) is 0 Å². The molecule has 108 valence electrons. The monoisotopic (exact) mass is 277 g/mol. The second-order valence-corrected chi connectivity index (χ2v) is 4.77. The van der Waals surface area contributed by atoms with Gasteiger partial charge in [0.2, 0.25) is 17.7 Å². The Morgan fingerprint density at radius 3 is 2.80 bits per heavy atom. The minimum atomic E-state index is 0.246. The summed E-state index contributed by atoms with van der Waals surface area (Å²) in [4.78, 5) is 14.7. The van der Waals surface area contributed by atoms with Crippen LogP contribution in [0.15, 0.2) is 16.8 Å². The number of aromatic nitrogens is 4. The predicted octanol–water partition coefficient (Wildman–Crippen LogP) is 1.67. The van der Waals surface area contributed by atoms with Crippen molar-refractivity contribution in [3.05, 3.63) is 24.0 Å². The van der Waals surface area contributed by atoms with Crippen LogP contribution in [0.5, 0.6) is 5.88 Å². The van der Waals surface area contributed by atoms with Gasteiger partial charge in [-0.05, 0) is 0 Å². The number of hydrogen-bond donors (Lipinski definition) is 0. The molecule has 0 aromatic carbocycles. The zero-order valence-electron chi connectivity index (χ0n) is 12.2. The highest BCUT2D eigenvalue weighted by Gasteiger charge is 2.11. The highest BCUT2D eigenvalue weighted by atomic mass is 16.5. The van der Waals surface area contributed by atoms with Gasteiger partial charge in [0.25, 0.3) is 0 Å². The summed E-state index contributed by atoms with van der Waals surface area (Å²) < 4.78 is 10.2. The molecule has 0 fully saturated rings. The van der Waals surface area contributed by atoms with Crippen LogP contribution in [0.3, 0.4) is 0 Å². The molecule has 7 nitrogen and oxygen atoms in total. The molecule has 0 aliphatic heterocycles. The minimum Gasteiger partial charge on any atom is -0.481 e. The molecule has 0 radical (unpaired) electrons. The quantitative estimate of drug-likeness (QED) is 0.794. The van der Waals surface area contributed by atoms with Gasteiger partial charge in [0.05, 0.1) is 7.11 Å². The molecule has 2 rings (SSSR count). The predicted molar refractivity (Wildman–Crippen MR) is 73.9 cm³/mol. The molecule has 0 amide bonds. The van der Waals surface area contributed by atoms with Crippen LogP contribution in [0, 0.1) is 0 Å². The Kier molecular flexibility index (Phi) is 4.49. The molecule has 0 aliphatic rings. The van der Waals surface area contributed by atoms with E-state index in [9.17, 15) is 0 Å². The smallest absolute Gasteiger partial charge is 0.229 e. The summed E-state index contributed by atoms with van der Waals surface area (Å²) in [5.74, 6) is 2.76. The first-order chi connectivity index (χ1) is 9.60. The maximum absolute atomic E-state index is 5.17. The Morgan fingerprint density at radius 2 is 2.15 bits per heavy atom. The van der Waals surface area contributed by atoms with Crippen molar-refractivity contribution in [2.24, 2.45) is 0 Å². The van der Waals surface area contributed by atoms with Crippen LogP contribution in [0.1, 0.15) is 31.5 Å². The molecular weight excluding hydrogens is 258 g/mol. The van der Waals surface area contributed by atoms with E-state index in [2.05, 4.69) is 20.1 Å². The van der Waals surface area contributed by atoms with Crippen LogP contribution >= 0.6 is 0 Å². The zero-order valence-corrected chi connectivity index (χ0v) is 12.2. The highest BCUT2D eigenvalue weighted by Crippen LogP contribution is 2.13. The van der Waals surface area contributed by atoms with Crippen molar-refractivity contribution in [3.8, 4) is 5.88 Å². The summed E-state index contributed by atoms with van der Waals surface area (Å²) >= 11 is 0. The van der Waals surface area contributed by atoms with E-state index in [4.69, 9.17) is 9.26 Å². The molecule has 2 heterocycles. The maximum Gasteiger partial charge on any atom is 0.229 e. The summed E-state index contributed by atoms with van der Waals surface area (Å²) in [5, 5.41) is 3.96. The first-order valence-electron chi connectivity index (χ1n) is 6.50. The number of hydrogen-bond acceptors (Lipinski definition) is 7. The van der Waals surface area contributed by atoms with Crippen molar-refractivity contribution >= 4 is 5.95 Å². The zero-order chi connectivity index (χ0) is 14.5. The topological polar surface area (TPSA) is 77.2 Å². The molecule has 0 atom stereocenters. The minimum absolute atomic E-state index is 0.246.